The quantitative estimate of drug-likeness (QED) is 0.669. The van der Waals surface area contributed by atoms with Crippen molar-refractivity contribution in [2.75, 3.05) is 5.32 Å². The summed E-state index contributed by atoms with van der Waals surface area (Å²) in [6.07, 6.45) is 3.97. The van der Waals surface area contributed by atoms with Gasteiger partial charge < -0.3 is 5.32 Å². The highest BCUT2D eigenvalue weighted by molar-refractivity contribution is 8.00. The Morgan fingerprint density at radius 3 is 3.08 bits per heavy atom. The molecule has 9 heteroatoms. The highest BCUT2D eigenvalue weighted by Crippen LogP contribution is 2.37. The molecule has 1 aliphatic rings. The smallest absolute Gasteiger partial charge is 0.237 e. The summed E-state index contributed by atoms with van der Waals surface area (Å²) >= 11 is 2.95. The highest BCUT2D eigenvalue weighted by atomic mass is 32.2. The molecule has 1 N–H and O–H groups in total. The minimum atomic E-state index is -0.299. The van der Waals surface area contributed by atoms with Crippen molar-refractivity contribution in [3.8, 4) is 10.6 Å². The van der Waals surface area contributed by atoms with Crippen molar-refractivity contribution in [1.82, 2.24) is 25.2 Å². The third kappa shape index (κ3) is 3.72. The molecule has 1 unspecified atom stereocenters. The summed E-state index contributed by atoms with van der Waals surface area (Å²) in [4.78, 5) is 16.8. The van der Waals surface area contributed by atoms with Crippen molar-refractivity contribution in [2.45, 2.75) is 36.2 Å². The van der Waals surface area contributed by atoms with Crippen molar-refractivity contribution in [3.63, 3.8) is 0 Å². The van der Waals surface area contributed by atoms with E-state index in [0.717, 1.165) is 29.1 Å². The van der Waals surface area contributed by atoms with Gasteiger partial charge in [-0.2, -0.15) is 0 Å². The number of carbonyl (C=O) groups excluding carboxylic acids is 1. The van der Waals surface area contributed by atoms with Crippen LogP contribution in [0.15, 0.2) is 41.0 Å². The van der Waals surface area contributed by atoms with Crippen LogP contribution in [0, 0.1) is 0 Å². The van der Waals surface area contributed by atoms with Gasteiger partial charge in [0.1, 0.15) is 5.01 Å². The number of anilines is 1. The van der Waals surface area contributed by atoms with Crippen LogP contribution in [-0.4, -0.2) is 36.3 Å². The van der Waals surface area contributed by atoms with Crippen LogP contribution in [0.3, 0.4) is 0 Å². The first-order valence-corrected chi connectivity index (χ1v) is 9.72. The molecule has 128 valence electrons. The lowest BCUT2D eigenvalue weighted by molar-refractivity contribution is -0.115. The summed E-state index contributed by atoms with van der Waals surface area (Å²) in [5.74, 6) is -0.0772. The second-order valence-electron chi connectivity index (χ2n) is 5.80. The van der Waals surface area contributed by atoms with E-state index in [9.17, 15) is 4.79 Å². The zero-order chi connectivity index (χ0) is 17.2. The van der Waals surface area contributed by atoms with Gasteiger partial charge in [0, 0.05) is 22.8 Å². The van der Waals surface area contributed by atoms with Gasteiger partial charge in [-0.25, -0.2) is 9.67 Å². The van der Waals surface area contributed by atoms with Crippen LogP contribution < -0.4 is 5.32 Å². The number of rotatable bonds is 6. The molecular formula is C16H16N6OS2. The highest BCUT2D eigenvalue weighted by Gasteiger charge is 2.29. The number of hydrogen-bond donors (Lipinski definition) is 1. The maximum atomic E-state index is 12.5. The number of benzene rings is 1. The van der Waals surface area contributed by atoms with Crippen LogP contribution >= 0.6 is 23.1 Å². The van der Waals surface area contributed by atoms with Crippen LogP contribution in [0.4, 0.5) is 5.69 Å². The third-order valence-electron chi connectivity index (χ3n) is 3.82. The lowest BCUT2D eigenvalue weighted by Gasteiger charge is -2.12. The minimum Gasteiger partial charge on any atom is -0.325 e. The summed E-state index contributed by atoms with van der Waals surface area (Å²) < 4.78 is 1.82. The van der Waals surface area contributed by atoms with Gasteiger partial charge in [-0.1, -0.05) is 23.9 Å². The SMILES string of the molecule is CC(Sc1nnnn1C1CC1)C(=O)Nc1cccc(-c2nccs2)c1. The van der Waals surface area contributed by atoms with E-state index in [1.54, 1.807) is 17.5 Å². The lowest BCUT2D eigenvalue weighted by Crippen LogP contribution is -2.23. The Kier molecular flexibility index (Phi) is 4.50. The molecule has 25 heavy (non-hydrogen) atoms. The normalized spacial score (nSPS) is 15.1. The Labute approximate surface area is 152 Å². The molecule has 2 aromatic heterocycles. The standard InChI is InChI=1S/C16H16N6OS2/c1-10(25-16-19-20-21-22(16)13-5-6-13)14(23)18-12-4-2-3-11(9-12)15-17-7-8-24-15/h2-4,7-10,13H,5-6H2,1H3,(H,18,23). The molecule has 1 atom stereocenters. The minimum absolute atomic E-state index is 0.0772. The van der Waals surface area contributed by atoms with E-state index in [4.69, 9.17) is 0 Å². The number of amides is 1. The van der Waals surface area contributed by atoms with E-state index in [1.165, 1.54) is 11.8 Å². The fourth-order valence-electron chi connectivity index (χ4n) is 2.36. The molecule has 4 rings (SSSR count). The Morgan fingerprint density at radius 1 is 1.44 bits per heavy atom. The zero-order valence-corrected chi connectivity index (χ0v) is 15.1. The summed E-state index contributed by atoms with van der Waals surface area (Å²) in [6.45, 7) is 1.86. The van der Waals surface area contributed by atoms with Crippen molar-refractivity contribution >= 4 is 34.7 Å². The number of nitrogens with zero attached hydrogens (tertiary/aromatic N) is 5. The van der Waals surface area contributed by atoms with Crippen molar-refractivity contribution in [2.24, 2.45) is 0 Å². The van der Waals surface area contributed by atoms with Crippen LogP contribution in [0.1, 0.15) is 25.8 Å². The largest absolute Gasteiger partial charge is 0.325 e. The molecule has 0 aliphatic heterocycles. The Morgan fingerprint density at radius 2 is 2.32 bits per heavy atom. The predicted molar refractivity (Wildman–Crippen MR) is 97.6 cm³/mol. The van der Waals surface area contributed by atoms with Gasteiger partial charge in [-0.05, 0) is 42.3 Å². The molecule has 2 heterocycles. The number of hydrogen-bond acceptors (Lipinski definition) is 7. The lowest BCUT2D eigenvalue weighted by atomic mass is 10.2. The Bertz CT molecular complexity index is 874. The fourth-order valence-corrected chi connectivity index (χ4v) is 3.86. The molecule has 1 fully saturated rings. The molecule has 3 aromatic rings. The second kappa shape index (κ2) is 6.93. The van der Waals surface area contributed by atoms with Crippen LogP contribution in [0.2, 0.25) is 0 Å². The van der Waals surface area contributed by atoms with E-state index in [2.05, 4.69) is 25.8 Å². The molecule has 1 aliphatic carbocycles. The third-order valence-corrected chi connectivity index (χ3v) is 5.69. The monoisotopic (exact) mass is 372 g/mol. The molecule has 1 amide bonds. The topological polar surface area (TPSA) is 85.6 Å². The van der Waals surface area contributed by atoms with E-state index in [1.807, 2.05) is 41.3 Å². The molecule has 0 saturated heterocycles. The summed E-state index contributed by atoms with van der Waals surface area (Å²) in [5, 5.41) is 18.0. The molecule has 0 bridgehead atoms. The zero-order valence-electron chi connectivity index (χ0n) is 13.5. The van der Waals surface area contributed by atoms with E-state index >= 15 is 0 Å². The Hall–Kier alpha value is -2.26. The molecular weight excluding hydrogens is 356 g/mol. The maximum Gasteiger partial charge on any atom is 0.237 e. The van der Waals surface area contributed by atoms with Crippen molar-refractivity contribution < 1.29 is 4.79 Å². The van der Waals surface area contributed by atoms with E-state index in [-0.39, 0.29) is 11.2 Å². The number of thioether (sulfide) groups is 1. The maximum absolute atomic E-state index is 12.5. The van der Waals surface area contributed by atoms with Crippen LogP contribution in [0.25, 0.3) is 10.6 Å². The average molecular weight is 372 g/mol. The first-order chi connectivity index (χ1) is 12.2. The number of aromatic nitrogens is 5. The average Bonchev–Trinajstić information content (AvgIpc) is 3.11. The van der Waals surface area contributed by atoms with Crippen molar-refractivity contribution in [3.05, 3.63) is 35.8 Å². The molecule has 0 radical (unpaired) electrons. The van der Waals surface area contributed by atoms with E-state index < -0.39 is 0 Å². The van der Waals surface area contributed by atoms with Gasteiger partial charge in [0.05, 0.1) is 11.3 Å². The number of thiazole rings is 1. The van der Waals surface area contributed by atoms with Crippen LogP contribution in [-0.2, 0) is 4.79 Å². The van der Waals surface area contributed by atoms with Gasteiger partial charge in [0.15, 0.2) is 0 Å². The predicted octanol–water partition coefficient (Wildman–Crippen LogP) is 3.25. The number of nitrogens with one attached hydrogen (secondary N) is 1. The number of carbonyl (C=O) groups is 1. The first kappa shape index (κ1) is 16.2. The molecule has 1 aromatic carbocycles. The van der Waals surface area contributed by atoms with Gasteiger partial charge in [0.25, 0.3) is 0 Å². The van der Waals surface area contributed by atoms with E-state index in [0.29, 0.717) is 11.2 Å². The summed E-state index contributed by atoms with van der Waals surface area (Å²) in [6, 6.07) is 8.10. The van der Waals surface area contributed by atoms with Gasteiger partial charge in [0.2, 0.25) is 11.1 Å². The first-order valence-electron chi connectivity index (χ1n) is 7.96. The van der Waals surface area contributed by atoms with Crippen molar-refractivity contribution in [1.29, 1.82) is 0 Å². The second-order valence-corrected chi connectivity index (χ2v) is 8.01. The summed E-state index contributed by atoms with van der Waals surface area (Å²) in [7, 11) is 0. The molecule has 1 saturated carbocycles. The molecule has 7 nitrogen and oxygen atoms in total. The summed E-state index contributed by atoms with van der Waals surface area (Å²) in [5.41, 5.74) is 1.75. The van der Waals surface area contributed by atoms with Gasteiger partial charge >= 0.3 is 0 Å². The Balaban J connectivity index is 1.43. The van der Waals surface area contributed by atoms with Gasteiger partial charge in [-0.3, -0.25) is 4.79 Å². The van der Waals surface area contributed by atoms with Gasteiger partial charge in [-0.15, -0.1) is 16.4 Å². The fraction of sp³-hybridized carbons (Fsp3) is 0.312. The van der Waals surface area contributed by atoms with Crippen LogP contribution in [0.5, 0.6) is 0 Å². The molecule has 0 spiro atoms. The number of tetrazole rings is 1.